The largest absolute Gasteiger partial charge is 0.207 e. The molecule has 1 heterocycles. The van der Waals surface area contributed by atoms with Gasteiger partial charge in [-0.25, -0.2) is 8.78 Å². The molecular formula is C23H13F2N3. The van der Waals surface area contributed by atoms with Crippen LogP contribution in [0.5, 0.6) is 0 Å². The number of hydrogen-bond acceptors (Lipinski definition) is 3. The number of nitrogens with zero attached hydrogens (tertiary/aromatic N) is 3. The second-order valence-electron chi connectivity index (χ2n) is 6.19. The van der Waals surface area contributed by atoms with Crippen LogP contribution in [0, 0.1) is 23.0 Å². The van der Waals surface area contributed by atoms with E-state index in [0.29, 0.717) is 11.3 Å². The third-order valence-electron chi connectivity index (χ3n) is 4.42. The molecule has 0 bridgehead atoms. The van der Waals surface area contributed by atoms with Crippen LogP contribution in [0.4, 0.5) is 8.78 Å². The zero-order valence-electron chi connectivity index (χ0n) is 14.6. The lowest BCUT2D eigenvalue weighted by Gasteiger charge is -2.10. The van der Waals surface area contributed by atoms with Crippen molar-refractivity contribution in [3.8, 4) is 39.6 Å². The molecule has 0 saturated carbocycles. The third-order valence-corrected chi connectivity index (χ3v) is 4.42. The van der Waals surface area contributed by atoms with E-state index in [1.165, 1.54) is 24.3 Å². The van der Waals surface area contributed by atoms with E-state index in [1.807, 2.05) is 42.5 Å². The minimum absolute atomic E-state index is 0.159. The van der Waals surface area contributed by atoms with Gasteiger partial charge >= 0.3 is 0 Å². The van der Waals surface area contributed by atoms with Gasteiger partial charge in [0.1, 0.15) is 11.6 Å². The maximum atomic E-state index is 14.5. The summed E-state index contributed by atoms with van der Waals surface area (Å²) in [4.78, 5) is 0. The molecule has 0 radical (unpaired) electrons. The summed E-state index contributed by atoms with van der Waals surface area (Å²) < 4.78 is 28.2. The van der Waals surface area contributed by atoms with Gasteiger partial charge in [0.05, 0.1) is 23.5 Å². The molecule has 0 unspecified atom stereocenters. The second kappa shape index (κ2) is 7.37. The summed E-state index contributed by atoms with van der Waals surface area (Å²) in [6.07, 6.45) is 1.58. The van der Waals surface area contributed by atoms with Crippen LogP contribution in [0.3, 0.4) is 0 Å². The van der Waals surface area contributed by atoms with Gasteiger partial charge in [-0.15, -0.1) is 0 Å². The molecule has 1 aromatic heterocycles. The predicted molar refractivity (Wildman–Crippen MR) is 103 cm³/mol. The van der Waals surface area contributed by atoms with Crippen LogP contribution in [0.2, 0.25) is 0 Å². The maximum Gasteiger partial charge on any atom is 0.131 e. The molecule has 0 aliphatic carbocycles. The Labute approximate surface area is 160 Å². The highest BCUT2D eigenvalue weighted by atomic mass is 19.1. The van der Waals surface area contributed by atoms with Gasteiger partial charge in [0.25, 0.3) is 0 Å². The molecule has 3 nitrogen and oxygen atoms in total. The number of nitriles is 1. The van der Waals surface area contributed by atoms with Crippen molar-refractivity contribution >= 4 is 0 Å². The van der Waals surface area contributed by atoms with Crippen molar-refractivity contribution in [2.45, 2.75) is 0 Å². The third kappa shape index (κ3) is 3.36. The van der Waals surface area contributed by atoms with Crippen molar-refractivity contribution in [3.05, 3.63) is 96.2 Å². The minimum Gasteiger partial charge on any atom is -0.207 e. The number of rotatable bonds is 3. The van der Waals surface area contributed by atoms with Crippen molar-refractivity contribution in [2.24, 2.45) is 0 Å². The SMILES string of the molecule is N#Cc1ccc(F)cc1-c1cc(-c2cnnc(-c3ccccc3)c2)ccc1F. The van der Waals surface area contributed by atoms with Crippen molar-refractivity contribution in [1.29, 1.82) is 5.26 Å². The zero-order valence-corrected chi connectivity index (χ0v) is 14.6. The van der Waals surface area contributed by atoms with Crippen LogP contribution < -0.4 is 0 Å². The molecule has 0 amide bonds. The maximum absolute atomic E-state index is 14.5. The highest BCUT2D eigenvalue weighted by Gasteiger charge is 2.13. The quantitative estimate of drug-likeness (QED) is 0.470. The standard InChI is InChI=1S/C23H13F2N3/c24-19-8-6-17(13-26)20(12-19)21-10-16(7-9-22(21)25)18-11-23(28-27-14-18)15-4-2-1-3-5-15/h1-12,14H. The van der Waals surface area contributed by atoms with Crippen LogP contribution >= 0.6 is 0 Å². The monoisotopic (exact) mass is 369 g/mol. The fourth-order valence-electron chi connectivity index (χ4n) is 3.02. The highest BCUT2D eigenvalue weighted by molar-refractivity contribution is 5.78. The summed E-state index contributed by atoms with van der Waals surface area (Å²) in [5.74, 6) is -1.06. The number of benzene rings is 3. The summed E-state index contributed by atoms with van der Waals surface area (Å²) in [6, 6.07) is 21.6. The van der Waals surface area contributed by atoms with Crippen LogP contribution in [0.1, 0.15) is 5.56 Å². The number of hydrogen-bond donors (Lipinski definition) is 0. The van der Waals surface area contributed by atoms with Gasteiger partial charge in [-0.05, 0) is 42.0 Å². The van der Waals surface area contributed by atoms with E-state index in [4.69, 9.17) is 0 Å². The fraction of sp³-hybridized carbons (Fsp3) is 0. The summed E-state index contributed by atoms with van der Waals surface area (Å²) in [7, 11) is 0. The lowest BCUT2D eigenvalue weighted by Crippen LogP contribution is -1.93. The topological polar surface area (TPSA) is 49.6 Å². The van der Waals surface area contributed by atoms with E-state index in [-0.39, 0.29) is 16.7 Å². The Bertz CT molecular complexity index is 1200. The molecule has 0 spiro atoms. The van der Waals surface area contributed by atoms with Gasteiger partial charge in [0.15, 0.2) is 0 Å². The van der Waals surface area contributed by atoms with Crippen LogP contribution in [0.15, 0.2) is 79.0 Å². The van der Waals surface area contributed by atoms with Crippen LogP contribution in [0.25, 0.3) is 33.5 Å². The van der Waals surface area contributed by atoms with Crippen molar-refractivity contribution in [2.75, 3.05) is 0 Å². The van der Waals surface area contributed by atoms with Gasteiger partial charge in [-0.3, -0.25) is 0 Å². The van der Waals surface area contributed by atoms with E-state index in [2.05, 4.69) is 10.2 Å². The summed E-state index contributed by atoms with van der Waals surface area (Å²) in [5.41, 5.74) is 3.61. The molecule has 0 fully saturated rings. The smallest absolute Gasteiger partial charge is 0.131 e. The molecule has 0 saturated heterocycles. The molecule has 28 heavy (non-hydrogen) atoms. The van der Waals surface area contributed by atoms with Crippen molar-refractivity contribution in [1.82, 2.24) is 10.2 Å². The lowest BCUT2D eigenvalue weighted by atomic mass is 9.96. The number of aromatic nitrogens is 2. The number of halogens is 2. The zero-order chi connectivity index (χ0) is 19.5. The lowest BCUT2D eigenvalue weighted by molar-refractivity contribution is 0.624. The molecule has 4 aromatic rings. The average molecular weight is 369 g/mol. The first-order chi connectivity index (χ1) is 13.7. The Balaban J connectivity index is 1.83. The van der Waals surface area contributed by atoms with Gasteiger partial charge in [0, 0.05) is 22.3 Å². The minimum atomic E-state index is -0.532. The molecule has 0 aliphatic heterocycles. The first-order valence-electron chi connectivity index (χ1n) is 8.54. The highest BCUT2D eigenvalue weighted by Crippen LogP contribution is 2.32. The first-order valence-corrected chi connectivity index (χ1v) is 8.54. The predicted octanol–water partition coefficient (Wildman–Crippen LogP) is 5.63. The molecule has 0 aliphatic rings. The van der Waals surface area contributed by atoms with Crippen molar-refractivity contribution in [3.63, 3.8) is 0 Å². The molecule has 0 atom stereocenters. The van der Waals surface area contributed by atoms with Crippen LogP contribution in [-0.4, -0.2) is 10.2 Å². The first kappa shape index (κ1) is 17.5. The Kier molecular flexibility index (Phi) is 4.61. The molecule has 4 rings (SSSR count). The Morgan fingerprint density at radius 1 is 0.750 bits per heavy atom. The van der Waals surface area contributed by atoms with Gasteiger partial charge < -0.3 is 0 Å². The molecule has 5 heteroatoms. The summed E-state index contributed by atoms with van der Waals surface area (Å²) in [5, 5.41) is 17.5. The molecular weight excluding hydrogens is 356 g/mol. The van der Waals surface area contributed by atoms with E-state index in [1.54, 1.807) is 18.3 Å². The Hall–Kier alpha value is -3.91. The normalized spacial score (nSPS) is 10.5. The Morgan fingerprint density at radius 3 is 2.36 bits per heavy atom. The van der Waals surface area contributed by atoms with E-state index >= 15 is 0 Å². The molecule has 0 N–H and O–H groups in total. The second-order valence-corrected chi connectivity index (χ2v) is 6.19. The van der Waals surface area contributed by atoms with Crippen LogP contribution in [-0.2, 0) is 0 Å². The summed E-state index contributed by atoms with van der Waals surface area (Å²) in [6.45, 7) is 0. The average Bonchev–Trinajstić information content (AvgIpc) is 2.75. The van der Waals surface area contributed by atoms with E-state index < -0.39 is 11.6 Å². The van der Waals surface area contributed by atoms with Gasteiger partial charge in [-0.2, -0.15) is 15.5 Å². The summed E-state index contributed by atoms with van der Waals surface area (Å²) >= 11 is 0. The molecule has 134 valence electrons. The van der Waals surface area contributed by atoms with Gasteiger partial charge in [-0.1, -0.05) is 36.4 Å². The van der Waals surface area contributed by atoms with Crippen molar-refractivity contribution < 1.29 is 8.78 Å². The van der Waals surface area contributed by atoms with Gasteiger partial charge in [0.2, 0.25) is 0 Å². The fourth-order valence-corrected chi connectivity index (χ4v) is 3.02. The van der Waals surface area contributed by atoms with E-state index in [9.17, 15) is 14.0 Å². The Morgan fingerprint density at radius 2 is 1.57 bits per heavy atom. The molecule has 3 aromatic carbocycles. The van der Waals surface area contributed by atoms with E-state index in [0.717, 1.165) is 11.1 Å².